The van der Waals surface area contributed by atoms with E-state index in [0.29, 0.717) is 5.56 Å². The molecule has 0 aliphatic carbocycles. The minimum absolute atomic E-state index is 0.395. The second-order valence-corrected chi connectivity index (χ2v) is 4.69. The topological polar surface area (TPSA) is 51.2 Å². The zero-order valence-corrected chi connectivity index (χ0v) is 11.5. The lowest BCUT2D eigenvalue weighted by atomic mass is 10.2. The monoisotopic (exact) mass is 274 g/mol. The zero-order chi connectivity index (χ0) is 13.7. The second-order valence-electron chi connectivity index (χ2n) is 3.81. The van der Waals surface area contributed by atoms with E-state index in [-0.39, 0.29) is 0 Å². The van der Waals surface area contributed by atoms with Crippen LogP contribution in [0.1, 0.15) is 10.4 Å². The molecule has 98 valence electrons. The average Bonchev–Trinajstić information content (AvgIpc) is 2.47. The Morgan fingerprint density at radius 3 is 2.58 bits per heavy atom. The van der Waals surface area contributed by atoms with Gasteiger partial charge in [0, 0.05) is 16.8 Å². The number of aromatic nitrogens is 1. The summed E-state index contributed by atoms with van der Waals surface area (Å²) < 4.78 is 4.66. The molecule has 1 aromatic heterocycles. The Morgan fingerprint density at radius 1 is 1.21 bits per heavy atom. The van der Waals surface area contributed by atoms with Gasteiger partial charge in [-0.3, -0.25) is 4.98 Å². The van der Waals surface area contributed by atoms with E-state index in [4.69, 9.17) is 0 Å². The van der Waals surface area contributed by atoms with Gasteiger partial charge in [-0.15, -0.1) is 11.8 Å². The van der Waals surface area contributed by atoms with Gasteiger partial charge in [-0.2, -0.15) is 0 Å². The highest BCUT2D eigenvalue weighted by molar-refractivity contribution is 7.98. The van der Waals surface area contributed by atoms with Crippen molar-refractivity contribution in [3.63, 3.8) is 0 Å². The van der Waals surface area contributed by atoms with Gasteiger partial charge in [0.25, 0.3) is 0 Å². The van der Waals surface area contributed by atoms with Crippen LogP contribution in [0.3, 0.4) is 0 Å². The summed E-state index contributed by atoms with van der Waals surface area (Å²) in [5.41, 5.74) is 2.12. The van der Waals surface area contributed by atoms with Crippen LogP contribution in [-0.2, 0) is 4.74 Å². The maximum atomic E-state index is 11.4. The van der Waals surface area contributed by atoms with E-state index in [9.17, 15) is 4.79 Å². The van der Waals surface area contributed by atoms with Gasteiger partial charge in [-0.25, -0.2) is 4.79 Å². The molecule has 2 aromatic rings. The minimum Gasteiger partial charge on any atom is -0.465 e. The molecule has 5 heteroatoms. The van der Waals surface area contributed by atoms with Crippen molar-refractivity contribution in [2.45, 2.75) is 4.90 Å². The Hall–Kier alpha value is -2.01. The Morgan fingerprint density at radius 2 is 1.95 bits per heavy atom. The summed E-state index contributed by atoms with van der Waals surface area (Å²) in [5.74, 6) is -0.395. The summed E-state index contributed by atoms with van der Waals surface area (Å²) in [6, 6.07) is 9.74. The van der Waals surface area contributed by atoms with Crippen LogP contribution in [0, 0.1) is 0 Å². The molecule has 0 aliphatic heterocycles. The molecule has 0 saturated carbocycles. The molecule has 0 aliphatic rings. The van der Waals surface area contributed by atoms with E-state index in [1.807, 2.05) is 30.5 Å². The van der Waals surface area contributed by atoms with Gasteiger partial charge in [0.05, 0.1) is 24.6 Å². The summed E-state index contributed by atoms with van der Waals surface area (Å²) in [7, 11) is 1.35. The predicted octanol–water partition coefficient (Wildman–Crippen LogP) is 3.33. The number of nitrogens with zero attached hydrogens (tertiary/aromatic N) is 1. The average molecular weight is 274 g/mol. The lowest BCUT2D eigenvalue weighted by Gasteiger charge is -2.07. The first-order chi connectivity index (χ1) is 9.22. The van der Waals surface area contributed by atoms with Crippen LogP contribution in [0.25, 0.3) is 0 Å². The first-order valence-electron chi connectivity index (χ1n) is 5.67. The van der Waals surface area contributed by atoms with Crippen LogP contribution in [0.15, 0.2) is 47.6 Å². The highest BCUT2D eigenvalue weighted by Crippen LogP contribution is 2.21. The number of carbonyl (C=O) groups excluding carboxylic acids is 1. The number of carbonyl (C=O) groups is 1. The van der Waals surface area contributed by atoms with Gasteiger partial charge >= 0.3 is 5.97 Å². The lowest BCUT2D eigenvalue weighted by molar-refractivity contribution is 0.0600. The molecular formula is C14H14N2O2S. The number of thioether (sulfide) groups is 1. The van der Waals surface area contributed by atoms with Crippen molar-refractivity contribution in [1.82, 2.24) is 4.98 Å². The molecule has 1 aromatic carbocycles. The van der Waals surface area contributed by atoms with Crippen LogP contribution in [-0.4, -0.2) is 24.3 Å². The Kier molecular flexibility index (Phi) is 4.41. The fourth-order valence-corrected chi connectivity index (χ4v) is 1.99. The third-order valence-electron chi connectivity index (χ3n) is 2.54. The van der Waals surface area contributed by atoms with E-state index in [0.717, 1.165) is 11.4 Å². The number of esters is 1. The lowest BCUT2D eigenvalue weighted by Crippen LogP contribution is -2.02. The van der Waals surface area contributed by atoms with E-state index in [1.165, 1.54) is 18.2 Å². The van der Waals surface area contributed by atoms with Crippen molar-refractivity contribution in [3.05, 3.63) is 48.3 Å². The van der Waals surface area contributed by atoms with Crippen molar-refractivity contribution in [2.75, 3.05) is 18.7 Å². The molecule has 0 unspecified atom stereocenters. The molecule has 0 spiro atoms. The Labute approximate surface area is 116 Å². The number of methoxy groups -OCH3 is 1. The number of hydrogen-bond acceptors (Lipinski definition) is 5. The normalized spacial score (nSPS) is 10.0. The minimum atomic E-state index is -0.395. The maximum absolute atomic E-state index is 11.4. The molecular weight excluding hydrogens is 260 g/mol. The molecule has 2 rings (SSSR count). The summed E-state index contributed by atoms with van der Waals surface area (Å²) in [4.78, 5) is 16.6. The number of nitrogens with one attached hydrogen (secondary N) is 1. The second kappa shape index (κ2) is 6.24. The highest BCUT2D eigenvalue weighted by Gasteiger charge is 2.06. The number of rotatable bonds is 4. The van der Waals surface area contributed by atoms with Crippen LogP contribution in [0.5, 0.6) is 0 Å². The highest BCUT2D eigenvalue weighted by atomic mass is 32.2. The van der Waals surface area contributed by atoms with Crippen molar-refractivity contribution >= 4 is 29.1 Å². The standard InChI is InChI=1S/C14H14N2O2S/c1-18-14(17)10-7-12(9-15-8-10)16-11-3-5-13(19-2)6-4-11/h3-9,16H,1-2H3. The van der Waals surface area contributed by atoms with Crippen LogP contribution < -0.4 is 5.32 Å². The van der Waals surface area contributed by atoms with Gasteiger partial charge in [0.2, 0.25) is 0 Å². The number of anilines is 2. The molecule has 0 atom stereocenters. The third kappa shape index (κ3) is 3.48. The van der Waals surface area contributed by atoms with Gasteiger partial charge in [0.15, 0.2) is 0 Å². The summed E-state index contributed by atoms with van der Waals surface area (Å²) >= 11 is 1.69. The molecule has 1 N–H and O–H groups in total. The molecule has 0 fully saturated rings. The smallest absolute Gasteiger partial charge is 0.339 e. The maximum Gasteiger partial charge on any atom is 0.339 e. The quantitative estimate of drug-likeness (QED) is 0.684. The Balaban J connectivity index is 2.16. The first kappa shape index (κ1) is 13.4. The van der Waals surface area contributed by atoms with Crippen LogP contribution in [0.2, 0.25) is 0 Å². The third-order valence-corrected chi connectivity index (χ3v) is 3.28. The predicted molar refractivity (Wildman–Crippen MR) is 77.1 cm³/mol. The fraction of sp³-hybridized carbons (Fsp3) is 0.143. The van der Waals surface area contributed by atoms with Crippen molar-refractivity contribution in [2.24, 2.45) is 0 Å². The summed E-state index contributed by atoms with van der Waals surface area (Å²) in [6.07, 6.45) is 5.18. The summed E-state index contributed by atoms with van der Waals surface area (Å²) in [5, 5.41) is 3.20. The molecule has 0 saturated heterocycles. The van der Waals surface area contributed by atoms with E-state index in [2.05, 4.69) is 15.0 Å². The van der Waals surface area contributed by atoms with Crippen LogP contribution >= 0.6 is 11.8 Å². The van der Waals surface area contributed by atoms with E-state index < -0.39 is 5.97 Å². The number of pyridine rings is 1. The molecule has 0 radical (unpaired) electrons. The first-order valence-corrected chi connectivity index (χ1v) is 6.90. The SMILES string of the molecule is COC(=O)c1cncc(Nc2ccc(SC)cc2)c1. The van der Waals surface area contributed by atoms with Gasteiger partial charge in [-0.05, 0) is 36.6 Å². The summed E-state index contributed by atoms with van der Waals surface area (Å²) in [6.45, 7) is 0. The number of ether oxygens (including phenoxy) is 1. The van der Waals surface area contributed by atoms with E-state index >= 15 is 0 Å². The van der Waals surface area contributed by atoms with Crippen LogP contribution in [0.4, 0.5) is 11.4 Å². The van der Waals surface area contributed by atoms with Gasteiger partial charge < -0.3 is 10.1 Å². The molecule has 0 amide bonds. The number of hydrogen-bond donors (Lipinski definition) is 1. The molecule has 19 heavy (non-hydrogen) atoms. The molecule has 4 nitrogen and oxygen atoms in total. The zero-order valence-electron chi connectivity index (χ0n) is 10.7. The van der Waals surface area contributed by atoms with Crippen molar-refractivity contribution < 1.29 is 9.53 Å². The molecule has 0 bridgehead atoms. The van der Waals surface area contributed by atoms with Crippen molar-refractivity contribution in [3.8, 4) is 0 Å². The number of benzene rings is 1. The van der Waals surface area contributed by atoms with E-state index in [1.54, 1.807) is 24.0 Å². The molecule has 1 heterocycles. The van der Waals surface area contributed by atoms with Gasteiger partial charge in [0.1, 0.15) is 0 Å². The van der Waals surface area contributed by atoms with Gasteiger partial charge in [-0.1, -0.05) is 0 Å². The largest absolute Gasteiger partial charge is 0.465 e. The fourth-order valence-electron chi connectivity index (χ4n) is 1.58. The Bertz CT molecular complexity index is 570. The van der Waals surface area contributed by atoms with Crippen molar-refractivity contribution in [1.29, 1.82) is 0 Å².